The SMILES string of the molecule is CCc1nc(CN2CCN(C(=O)CCc3ccc4c(c3)OCCCO4)CC2)cs1. The molecule has 4 rings (SSSR count). The van der Waals surface area contributed by atoms with E-state index in [0.717, 1.165) is 74.7 Å². The Labute approximate surface area is 176 Å². The van der Waals surface area contributed by atoms with Crippen molar-refractivity contribution < 1.29 is 14.3 Å². The van der Waals surface area contributed by atoms with E-state index in [1.54, 1.807) is 11.3 Å². The van der Waals surface area contributed by atoms with Crippen molar-refractivity contribution in [3.8, 4) is 11.5 Å². The summed E-state index contributed by atoms with van der Waals surface area (Å²) in [6, 6.07) is 6.02. The van der Waals surface area contributed by atoms with Gasteiger partial charge in [0, 0.05) is 50.9 Å². The maximum absolute atomic E-state index is 12.7. The van der Waals surface area contributed by atoms with Crippen LogP contribution in [0.5, 0.6) is 11.5 Å². The highest BCUT2D eigenvalue weighted by atomic mass is 32.1. The summed E-state index contributed by atoms with van der Waals surface area (Å²) in [7, 11) is 0. The number of carbonyl (C=O) groups is 1. The van der Waals surface area contributed by atoms with Crippen molar-refractivity contribution >= 4 is 17.2 Å². The van der Waals surface area contributed by atoms with Crippen molar-refractivity contribution in [2.24, 2.45) is 0 Å². The molecule has 0 saturated carbocycles. The van der Waals surface area contributed by atoms with Crippen LogP contribution in [0.25, 0.3) is 0 Å². The molecule has 7 heteroatoms. The molecule has 0 atom stereocenters. The number of thiazole rings is 1. The Balaban J connectivity index is 1.23. The van der Waals surface area contributed by atoms with Gasteiger partial charge in [0.05, 0.1) is 23.9 Å². The number of ether oxygens (including phenoxy) is 2. The Kier molecular flexibility index (Phi) is 6.67. The molecule has 1 saturated heterocycles. The molecule has 0 aliphatic carbocycles. The number of aromatic nitrogens is 1. The average Bonchev–Trinajstić information content (AvgIpc) is 3.07. The van der Waals surface area contributed by atoms with Crippen LogP contribution in [0.2, 0.25) is 0 Å². The van der Waals surface area contributed by atoms with Gasteiger partial charge in [0.25, 0.3) is 0 Å². The number of amides is 1. The molecule has 0 unspecified atom stereocenters. The molecule has 2 aliphatic rings. The third kappa shape index (κ3) is 5.28. The zero-order chi connectivity index (χ0) is 20.1. The zero-order valence-electron chi connectivity index (χ0n) is 17.1. The first-order valence-electron chi connectivity index (χ1n) is 10.5. The Morgan fingerprint density at radius 2 is 1.93 bits per heavy atom. The lowest BCUT2D eigenvalue weighted by atomic mass is 10.1. The van der Waals surface area contributed by atoms with E-state index in [1.165, 1.54) is 5.01 Å². The van der Waals surface area contributed by atoms with E-state index in [4.69, 9.17) is 9.47 Å². The highest BCUT2D eigenvalue weighted by Crippen LogP contribution is 2.30. The van der Waals surface area contributed by atoms with Gasteiger partial charge in [-0.3, -0.25) is 9.69 Å². The van der Waals surface area contributed by atoms with Gasteiger partial charge in [-0.15, -0.1) is 11.3 Å². The maximum atomic E-state index is 12.7. The third-order valence-corrected chi connectivity index (χ3v) is 6.49. The predicted octanol–water partition coefficient (Wildman–Crippen LogP) is 3.14. The first kappa shape index (κ1) is 20.2. The number of rotatable bonds is 6. The normalized spacial score (nSPS) is 17.2. The molecule has 0 bridgehead atoms. The first-order chi connectivity index (χ1) is 14.2. The molecule has 0 N–H and O–H groups in total. The number of fused-ring (bicyclic) bond motifs is 1. The standard InChI is InChI=1S/C22H29N3O3S/c1-2-21-23-18(16-29-21)15-24-8-10-25(11-9-24)22(26)7-5-17-4-6-19-20(14-17)28-13-3-12-27-19/h4,6,14,16H,2-3,5,7-13,15H2,1H3. The molecule has 156 valence electrons. The van der Waals surface area contributed by atoms with Crippen molar-refractivity contribution in [3.63, 3.8) is 0 Å². The summed E-state index contributed by atoms with van der Waals surface area (Å²) < 4.78 is 11.4. The second-order valence-corrected chi connectivity index (χ2v) is 8.52. The Morgan fingerprint density at radius 3 is 2.69 bits per heavy atom. The molecule has 2 aromatic rings. The zero-order valence-corrected chi connectivity index (χ0v) is 17.9. The van der Waals surface area contributed by atoms with Gasteiger partial charge in [0.15, 0.2) is 11.5 Å². The second-order valence-electron chi connectivity index (χ2n) is 7.57. The topological polar surface area (TPSA) is 54.9 Å². The van der Waals surface area contributed by atoms with Crippen LogP contribution in [0.15, 0.2) is 23.6 Å². The molecule has 0 spiro atoms. The van der Waals surface area contributed by atoms with Gasteiger partial charge in [-0.2, -0.15) is 0 Å². The molecule has 1 aromatic heterocycles. The molecule has 1 fully saturated rings. The number of benzene rings is 1. The molecule has 3 heterocycles. The van der Waals surface area contributed by atoms with Crippen molar-refractivity contribution in [1.82, 2.24) is 14.8 Å². The molecule has 1 aromatic carbocycles. The van der Waals surface area contributed by atoms with Crippen LogP contribution in [-0.4, -0.2) is 60.1 Å². The van der Waals surface area contributed by atoms with Gasteiger partial charge in [-0.25, -0.2) is 4.98 Å². The molecule has 29 heavy (non-hydrogen) atoms. The third-order valence-electron chi connectivity index (χ3n) is 5.45. The fraction of sp³-hybridized carbons (Fsp3) is 0.545. The van der Waals surface area contributed by atoms with Crippen LogP contribution >= 0.6 is 11.3 Å². The number of nitrogens with zero attached hydrogens (tertiary/aromatic N) is 3. The fourth-order valence-electron chi connectivity index (χ4n) is 3.74. The van der Waals surface area contributed by atoms with Gasteiger partial charge < -0.3 is 14.4 Å². The summed E-state index contributed by atoms with van der Waals surface area (Å²) in [6.07, 6.45) is 3.16. The molecule has 6 nitrogen and oxygen atoms in total. The highest BCUT2D eigenvalue weighted by molar-refractivity contribution is 7.09. The van der Waals surface area contributed by atoms with Crippen molar-refractivity contribution in [2.45, 2.75) is 39.2 Å². The van der Waals surface area contributed by atoms with E-state index in [1.807, 2.05) is 23.1 Å². The number of aryl methyl sites for hydroxylation is 2. The van der Waals surface area contributed by atoms with Crippen LogP contribution in [-0.2, 0) is 24.2 Å². The average molecular weight is 416 g/mol. The van der Waals surface area contributed by atoms with Gasteiger partial charge in [0.1, 0.15) is 0 Å². The number of hydrogen-bond donors (Lipinski definition) is 0. The van der Waals surface area contributed by atoms with Gasteiger partial charge in [-0.1, -0.05) is 13.0 Å². The highest BCUT2D eigenvalue weighted by Gasteiger charge is 2.21. The Morgan fingerprint density at radius 1 is 1.14 bits per heavy atom. The number of carbonyl (C=O) groups excluding carboxylic acids is 1. The predicted molar refractivity (Wildman–Crippen MR) is 114 cm³/mol. The second kappa shape index (κ2) is 9.59. The van der Waals surface area contributed by atoms with E-state index in [-0.39, 0.29) is 5.91 Å². The monoisotopic (exact) mass is 415 g/mol. The minimum absolute atomic E-state index is 0.235. The van der Waals surface area contributed by atoms with E-state index in [2.05, 4.69) is 22.2 Å². The van der Waals surface area contributed by atoms with Gasteiger partial charge in [-0.05, 0) is 30.5 Å². The smallest absolute Gasteiger partial charge is 0.222 e. The number of piperazine rings is 1. The van der Waals surface area contributed by atoms with E-state index in [0.29, 0.717) is 19.6 Å². The lowest BCUT2D eigenvalue weighted by molar-refractivity contribution is -0.133. The van der Waals surface area contributed by atoms with Gasteiger partial charge in [0.2, 0.25) is 5.91 Å². The van der Waals surface area contributed by atoms with E-state index < -0.39 is 0 Å². The molecule has 0 radical (unpaired) electrons. The summed E-state index contributed by atoms with van der Waals surface area (Å²) in [6.45, 7) is 7.81. The summed E-state index contributed by atoms with van der Waals surface area (Å²) in [4.78, 5) is 21.7. The van der Waals surface area contributed by atoms with Crippen LogP contribution in [0, 0.1) is 0 Å². The van der Waals surface area contributed by atoms with E-state index in [9.17, 15) is 4.79 Å². The minimum atomic E-state index is 0.235. The first-order valence-corrected chi connectivity index (χ1v) is 11.4. The van der Waals surface area contributed by atoms with Crippen molar-refractivity contribution in [1.29, 1.82) is 0 Å². The van der Waals surface area contributed by atoms with Crippen molar-refractivity contribution in [2.75, 3.05) is 39.4 Å². The molecule has 2 aliphatic heterocycles. The quantitative estimate of drug-likeness (QED) is 0.726. The fourth-order valence-corrected chi connectivity index (χ4v) is 4.48. The summed E-state index contributed by atoms with van der Waals surface area (Å²) in [5, 5.41) is 3.36. The molecular weight excluding hydrogens is 386 g/mol. The Hall–Kier alpha value is -2.12. The lowest BCUT2D eigenvalue weighted by Gasteiger charge is -2.34. The van der Waals surface area contributed by atoms with Gasteiger partial charge >= 0.3 is 0 Å². The Bertz CT molecular complexity index is 830. The largest absolute Gasteiger partial charge is 0.490 e. The van der Waals surface area contributed by atoms with Crippen LogP contribution in [0.3, 0.4) is 0 Å². The van der Waals surface area contributed by atoms with Crippen molar-refractivity contribution in [3.05, 3.63) is 39.8 Å². The van der Waals surface area contributed by atoms with E-state index >= 15 is 0 Å². The summed E-state index contributed by atoms with van der Waals surface area (Å²) >= 11 is 1.74. The van der Waals surface area contributed by atoms with Crippen LogP contribution in [0.1, 0.15) is 36.0 Å². The molecule has 1 amide bonds. The number of hydrogen-bond acceptors (Lipinski definition) is 6. The molecular formula is C22H29N3O3S. The minimum Gasteiger partial charge on any atom is -0.490 e. The summed E-state index contributed by atoms with van der Waals surface area (Å²) in [5.74, 6) is 1.84. The summed E-state index contributed by atoms with van der Waals surface area (Å²) in [5.41, 5.74) is 2.28. The van der Waals surface area contributed by atoms with Crippen LogP contribution in [0.4, 0.5) is 0 Å². The maximum Gasteiger partial charge on any atom is 0.222 e. The lowest BCUT2D eigenvalue weighted by Crippen LogP contribution is -2.48. The van der Waals surface area contributed by atoms with Crippen LogP contribution < -0.4 is 9.47 Å².